The van der Waals surface area contributed by atoms with E-state index in [1.54, 1.807) is 0 Å². The minimum atomic E-state index is 0.222. The lowest BCUT2D eigenvalue weighted by Gasteiger charge is -2.27. The van der Waals surface area contributed by atoms with Crippen LogP contribution in [0.2, 0.25) is 5.02 Å². The Morgan fingerprint density at radius 1 is 1.22 bits per heavy atom. The van der Waals surface area contributed by atoms with Crippen molar-refractivity contribution in [2.24, 2.45) is 0 Å². The number of benzene rings is 1. The van der Waals surface area contributed by atoms with Crippen LogP contribution in [0.15, 0.2) is 12.1 Å². The summed E-state index contributed by atoms with van der Waals surface area (Å²) in [4.78, 5) is 2.42. The zero-order chi connectivity index (χ0) is 13.3. The summed E-state index contributed by atoms with van der Waals surface area (Å²) in [6, 6.07) is 4.28. The molecule has 0 spiro atoms. The number of nitrogens with one attached hydrogen (secondary N) is 1. The van der Waals surface area contributed by atoms with Gasteiger partial charge in [0.2, 0.25) is 0 Å². The van der Waals surface area contributed by atoms with E-state index in [0.29, 0.717) is 0 Å². The highest BCUT2D eigenvalue weighted by Crippen LogP contribution is 2.32. The van der Waals surface area contributed by atoms with Gasteiger partial charge in [-0.1, -0.05) is 17.7 Å². The predicted octanol–water partition coefficient (Wildman–Crippen LogP) is 3.54. The zero-order valence-corrected chi connectivity index (χ0v) is 12.6. The fourth-order valence-electron chi connectivity index (χ4n) is 2.68. The molecule has 1 aliphatic rings. The normalized spacial score (nSPS) is 19.7. The van der Waals surface area contributed by atoms with Crippen molar-refractivity contribution >= 4 is 17.3 Å². The maximum atomic E-state index is 6.43. The molecule has 0 unspecified atom stereocenters. The standard InChI is InChI=1S/C15H23ClN2/c1-11-9-12(2)14(13(16)10-11)18-7-5-15(3,4)17-6-8-18/h9-10,17H,5-8H2,1-4H3. The van der Waals surface area contributed by atoms with Crippen LogP contribution in [0.25, 0.3) is 0 Å². The zero-order valence-electron chi connectivity index (χ0n) is 11.8. The Labute approximate surface area is 115 Å². The van der Waals surface area contributed by atoms with Gasteiger partial charge in [-0.15, -0.1) is 0 Å². The fraction of sp³-hybridized carbons (Fsp3) is 0.600. The summed E-state index contributed by atoms with van der Waals surface area (Å²) in [5.41, 5.74) is 3.94. The molecule has 0 atom stereocenters. The molecule has 1 aliphatic heterocycles. The molecule has 0 aliphatic carbocycles. The monoisotopic (exact) mass is 266 g/mol. The Hall–Kier alpha value is -0.730. The molecular weight excluding hydrogens is 244 g/mol. The molecule has 1 saturated heterocycles. The second-order valence-electron chi connectivity index (χ2n) is 5.96. The average Bonchev–Trinajstić information content (AvgIpc) is 2.39. The molecule has 1 heterocycles. The van der Waals surface area contributed by atoms with Crippen LogP contribution in [-0.2, 0) is 0 Å². The second kappa shape index (κ2) is 5.10. The molecule has 18 heavy (non-hydrogen) atoms. The van der Waals surface area contributed by atoms with Gasteiger partial charge in [-0.2, -0.15) is 0 Å². The van der Waals surface area contributed by atoms with Crippen LogP contribution < -0.4 is 10.2 Å². The SMILES string of the molecule is Cc1cc(C)c(N2CCNC(C)(C)CC2)c(Cl)c1. The van der Waals surface area contributed by atoms with Crippen molar-refractivity contribution in [3.05, 3.63) is 28.3 Å². The molecule has 0 saturated carbocycles. The van der Waals surface area contributed by atoms with Crippen molar-refractivity contribution in [3.63, 3.8) is 0 Å². The van der Waals surface area contributed by atoms with Gasteiger partial charge in [-0.3, -0.25) is 0 Å². The van der Waals surface area contributed by atoms with E-state index in [1.165, 1.54) is 16.8 Å². The maximum absolute atomic E-state index is 6.43. The first-order chi connectivity index (χ1) is 8.39. The number of hydrogen-bond acceptors (Lipinski definition) is 2. The number of anilines is 1. The Morgan fingerprint density at radius 2 is 1.94 bits per heavy atom. The van der Waals surface area contributed by atoms with E-state index < -0.39 is 0 Å². The lowest BCUT2D eigenvalue weighted by molar-refractivity contribution is 0.394. The first-order valence-electron chi connectivity index (χ1n) is 6.66. The van der Waals surface area contributed by atoms with E-state index in [2.05, 4.69) is 50.0 Å². The van der Waals surface area contributed by atoms with Gasteiger partial charge in [-0.25, -0.2) is 0 Å². The summed E-state index contributed by atoms with van der Waals surface area (Å²) >= 11 is 6.43. The van der Waals surface area contributed by atoms with Crippen molar-refractivity contribution < 1.29 is 0 Å². The van der Waals surface area contributed by atoms with E-state index in [4.69, 9.17) is 11.6 Å². The van der Waals surface area contributed by atoms with Crippen molar-refractivity contribution in [2.75, 3.05) is 24.5 Å². The molecule has 0 aromatic heterocycles. The molecule has 100 valence electrons. The third kappa shape index (κ3) is 2.99. The predicted molar refractivity (Wildman–Crippen MR) is 79.8 cm³/mol. The maximum Gasteiger partial charge on any atom is 0.0644 e. The highest BCUT2D eigenvalue weighted by Gasteiger charge is 2.24. The first kappa shape index (κ1) is 13.7. The van der Waals surface area contributed by atoms with Crippen molar-refractivity contribution in [2.45, 2.75) is 39.7 Å². The molecule has 0 bridgehead atoms. The largest absolute Gasteiger partial charge is 0.369 e. The van der Waals surface area contributed by atoms with Gasteiger partial charge in [-0.05, 0) is 51.3 Å². The molecule has 1 aromatic carbocycles. The lowest BCUT2D eigenvalue weighted by Crippen LogP contribution is -2.39. The minimum absolute atomic E-state index is 0.222. The highest BCUT2D eigenvalue weighted by atomic mass is 35.5. The van der Waals surface area contributed by atoms with Gasteiger partial charge >= 0.3 is 0 Å². The smallest absolute Gasteiger partial charge is 0.0644 e. The van der Waals surface area contributed by atoms with Crippen molar-refractivity contribution in [3.8, 4) is 0 Å². The fourth-order valence-corrected chi connectivity index (χ4v) is 3.12. The minimum Gasteiger partial charge on any atom is -0.369 e. The highest BCUT2D eigenvalue weighted by molar-refractivity contribution is 6.33. The molecule has 3 heteroatoms. The quantitative estimate of drug-likeness (QED) is 0.837. The molecule has 0 radical (unpaired) electrons. The Bertz CT molecular complexity index is 417. The van der Waals surface area contributed by atoms with Crippen LogP contribution in [0.4, 0.5) is 5.69 Å². The Balaban J connectivity index is 2.27. The van der Waals surface area contributed by atoms with E-state index >= 15 is 0 Å². The number of aryl methyl sites for hydroxylation is 2. The van der Waals surface area contributed by atoms with Crippen LogP contribution in [0.1, 0.15) is 31.4 Å². The average molecular weight is 267 g/mol. The van der Waals surface area contributed by atoms with E-state index in [1.807, 2.05) is 0 Å². The third-order valence-electron chi connectivity index (χ3n) is 3.71. The number of halogens is 1. The van der Waals surface area contributed by atoms with Crippen LogP contribution in [0.3, 0.4) is 0 Å². The Morgan fingerprint density at radius 3 is 2.61 bits per heavy atom. The molecule has 1 N–H and O–H groups in total. The summed E-state index contributed by atoms with van der Waals surface area (Å²) in [6.45, 7) is 11.9. The topological polar surface area (TPSA) is 15.3 Å². The molecular formula is C15H23ClN2. The van der Waals surface area contributed by atoms with E-state index in [9.17, 15) is 0 Å². The van der Waals surface area contributed by atoms with E-state index in [-0.39, 0.29) is 5.54 Å². The summed E-state index contributed by atoms with van der Waals surface area (Å²) < 4.78 is 0. The van der Waals surface area contributed by atoms with Crippen LogP contribution in [0.5, 0.6) is 0 Å². The van der Waals surface area contributed by atoms with Crippen molar-refractivity contribution in [1.29, 1.82) is 0 Å². The van der Waals surface area contributed by atoms with Crippen LogP contribution in [0, 0.1) is 13.8 Å². The molecule has 1 fully saturated rings. The molecule has 2 nitrogen and oxygen atoms in total. The summed E-state index contributed by atoms with van der Waals surface area (Å²) in [5.74, 6) is 0. The number of rotatable bonds is 1. The van der Waals surface area contributed by atoms with Gasteiger partial charge in [0.15, 0.2) is 0 Å². The summed E-state index contributed by atoms with van der Waals surface area (Å²) in [7, 11) is 0. The summed E-state index contributed by atoms with van der Waals surface area (Å²) in [6.07, 6.45) is 1.14. The molecule has 0 amide bonds. The number of nitrogens with zero attached hydrogens (tertiary/aromatic N) is 1. The number of hydrogen-bond donors (Lipinski definition) is 1. The van der Waals surface area contributed by atoms with Crippen LogP contribution in [-0.4, -0.2) is 25.2 Å². The van der Waals surface area contributed by atoms with Gasteiger partial charge in [0.25, 0.3) is 0 Å². The first-order valence-corrected chi connectivity index (χ1v) is 7.03. The van der Waals surface area contributed by atoms with Crippen molar-refractivity contribution in [1.82, 2.24) is 5.32 Å². The van der Waals surface area contributed by atoms with Crippen LogP contribution >= 0.6 is 11.6 Å². The van der Waals surface area contributed by atoms with Gasteiger partial charge in [0.1, 0.15) is 0 Å². The van der Waals surface area contributed by atoms with Gasteiger partial charge < -0.3 is 10.2 Å². The van der Waals surface area contributed by atoms with Gasteiger partial charge in [0, 0.05) is 25.2 Å². The second-order valence-corrected chi connectivity index (χ2v) is 6.37. The van der Waals surface area contributed by atoms with Gasteiger partial charge in [0.05, 0.1) is 10.7 Å². The third-order valence-corrected chi connectivity index (χ3v) is 3.99. The molecule has 1 aromatic rings. The molecule has 2 rings (SSSR count). The Kier molecular flexibility index (Phi) is 3.88. The summed E-state index contributed by atoms with van der Waals surface area (Å²) in [5, 5.41) is 4.47. The lowest BCUT2D eigenvalue weighted by atomic mass is 10.0. The van der Waals surface area contributed by atoms with E-state index in [0.717, 1.165) is 31.1 Å².